The molecule has 2 aliphatic rings. The molecule has 0 bridgehead atoms. The fraction of sp³-hybridized carbons (Fsp3) is 0.429. The van der Waals surface area contributed by atoms with E-state index < -0.39 is 6.29 Å². The molecule has 0 radical (unpaired) electrons. The van der Waals surface area contributed by atoms with Crippen LogP contribution >= 0.6 is 0 Å². The number of hydrogen-bond donors (Lipinski definition) is 0. The lowest BCUT2D eigenvalue weighted by Gasteiger charge is -2.31. The molecule has 6 nitrogen and oxygen atoms in total. The van der Waals surface area contributed by atoms with Gasteiger partial charge in [-0.3, -0.25) is 0 Å². The standard InChI is InChI=1S/C28H34O6/c1-5-7-12-19-17-33-25-23(19)24-20(18-32-21-13-10-9-11-14-21)16-22(31-15-8-6-2)34-26(24)28(30-4)27(25)29-3/h9-14,18,22H,5-8,15-17H2,1-4H3/b19-12+,20-18+. The molecule has 0 saturated carbocycles. The molecule has 182 valence electrons. The van der Waals surface area contributed by atoms with Crippen LogP contribution in [0.4, 0.5) is 0 Å². The number of benzene rings is 2. The summed E-state index contributed by atoms with van der Waals surface area (Å²) in [5, 5.41) is 0. The van der Waals surface area contributed by atoms with Crippen LogP contribution in [0.3, 0.4) is 0 Å². The molecule has 0 saturated heterocycles. The van der Waals surface area contributed by atoms with E-state index in [0.29, 0.717) is 42.6 Å². The van der Waals surface area contributed by atoms with Crippen molar-refractivity contribution in [3.05, 3.63) is 53.8 Å². The number of unbranched alkanes of at least 4 members (excludes halogenated alkanes) is 2. The van der Waals surface area contributed by atoms with Crippen molar-refractivity contribution in [3.63, 3.8) is 0 Å². The lowest BCUT2D eigenvalue weighted by molar-refractivity contribution is -0.0813. The summed E-state index contributed by atoms with van der Waals surface area (Å²) in [7, 11) is 3.23. The van der Waals surface area contributed by atoms with Crippen LogP contribution in [0.5, 0.6) is 28.7 Å². The van der Waals surface area contributed by atoms with E-state index in [-0.39, 0.29) is 0 Å². The zero-order chi connectivity index (χ0) is 23.9. The van der Waals surface area contributed by atoms with Crippen molar-refractivity contribution < 1.29 is 28.4 Å². The van der Waals surface area contributed by atoms with E-state index in [2.05, 4.69) is 19.9 Å². The number of hydrogen-bond acceptors (Lipinski definition) is 6. The maximum atomic E-state index is 6.40. The number of allylic oxidation sites excluding steroid dienone is 1. The quantitative estimate of drug-likeness (QED) is 0.290. The molecule has 0 amide bonds. The van der Waals surface area contributed by atoms with E-state index in [4.69, 9.17) is 28.4 Å². The van der Waals surface area contributed by atoms with E-state index in [9.17, 15) is 0 Å². The van der Waals surface area contributed by atoms with Gasteiger partial charge in [-0.05, 0) is 30.5 Å². The second-order valence-corrected chi connectivity index (χ2v) is 8.33. The number of fused-ring (bicyclic) bond motifs is 3. The Morgan fingerprint density at radius 3 is 2.38 bits per heavy atom. The maximum absolute atomic E-state index is 6.40. The lowest BCUT2D eigenvalue weighted by Crippen LogP contribution is -2.27. The summed E-state index contributed by atoms with van der Waals surface area (Å²) < 4.78 is 36.2. The molecular weight excluding hydrogens is 432 g/mol. The molecule has 2 aliphatic heterocycles. The van der Waals surface area contributed by atoms with Crippen molar-refractivity contribution in [3.8, 4) is 28.7 Å². The molecule has 2 aromatic rings. The van der Waals surface area contributed by atoms with Crippen molar-refractivity contribution in [2.24, 2.45) is 0 Å². The maximum Gasteiger partial charge on any atom is 0.208 e. The smallest absolute Gasteiger partial charge is 0.208 e. The minimum Gasteiger partial charge on any atom is -0.490 e. The first-order valence-electron chi connectivity index (χ1n) is 12.0. The van der Waals surface area contributed by atoms with Crippen molar-refractivity contribution in [1.29, 1.82) is 0 Å². The monoisotopic (exact) mass is 466 g/mol. The number of para-hydroxylation sites is 1. The van der Waals surface area contributed by atoms with Gasteiger partial charge in [0.15, 0.2) is 11.5 Å². The first kappa shape index (κ1) is 24.0. The molecule has 1 unspecified atom stereocenters. The summed E-state index contributed by atoms with van der Waals surface area (Å²) in [4.78, 5) is 0. The second kappa shape index (κ2) is 11.3. The van der Waals surface area contributed by atoms with Gasteiger partial charge in [0, 0.05) is 23.1 Å². The Labute approximate surface area is 202 Å². The predicted molar refractivity (Wildman–Crippen MR) is 133 cm³/mol. The van der Waals surface area contributed by atoms with Crippen molar-refractivity contribution >= 4 is 11.1 Å². The van der Waals surface area contributed by atoms with Crippen LogP contribution in [0, 0.1) is 0 Å². The normalized spacial score (nSPS) is 18.8. The van der Waals surface area contributed by atoms with Crippen LogP contribution in [0.2, 0.25) is 0 Å². The molecule has 0 aromatic heterocycles. The third-order valence-corrected chi connectivity index (χ3v) is 5.94. The number of rotatable bonds is 10. The Bertz CT molecular complexity index is 1040. The van der Waals surface area contributed by atoms with Crippen LogP contribution in [0.15, 0.2) is 42.7 Å². The first-order valence-corrected chi connectivity index (χ1v) is 12.0. The van der Waals surface area contributed by atoms with Gasteiger partial charge in [-0.15, -0.1) is 0 Å². The average Bonchev–Trinajstić information content (AvgIpc) is 3.29. The molecule has 6 heteroatoms. The van der Waals surface area contributed by atoms with E-state index in [1.165, 1.54) is 0 Å². The first-order chi connectivity index (χ1) is 16.7. The summed E-state index contributed by atoms with van der Waals surface area (Å²) in [6, 6.07) is 9.73. The Balaban J connectivity index is 1.86. The van der Waals surface area contributed by atoms with Crippen molar-refractivity contribution in [2.45, 2.75) is 52.2 Å². The third kappa shape index (κ3) is 4.87. The lowest BCUT2D eigenvalue weighted by atomic mass is 9.89. The minimum atomic E-state index is -0.452. The highest BCUT2D eigenvalue weighted by Gasteiger charge is 2.39. The Kier molecular flexibility index (Phi) is 8.01. The molecule has 1 atom stereocenters. The number of ether oxygens (including phenoxy) is 6. The molecule has 2 heterocycles. The van der Waals surface area contributed by atoms with E-state index in [1.54, 1.807) is 20.5 Å². The molecule has 0 aliphatic carbocycles. The van der Waals surface area contributed by atoms with Gasteiger partial charge in [0.25, 0.3) is 0 Å². The van der Waals surface area contributed by atoms with Crippen LogP contribution < -0.4 is 23.7 Å². The molecule has 0 fully saturated rings. The molecule has 4 rings (SSSR count). The van der Waals surface area contributed by atoms with E-state index in [1.807, 2.05) is 30.3 Å². The van der Waals surface area contributed by atoms with Gasteiger partial charge in [-0.1, -0.05) is 51.0 Å². The molecule has 0 N–H and O–H groups in total. The molecular formula is C28H34O6. The highest BCUT2D eigenvalue weighted by atomic mass is 16.7. The highest BCUT2D eigenvalue weighted by molar-refractivity contribution is 5.93. The summed E-state index contributed by atoms with van der Waals surface area (Å²) in [5.74, 6) is 3.08. The fourth-order valence-electron chi connectivity index (χ4n) is 4.25. The predicted octanol–water partition coefficient (Wildman–Crippen LogP) is 6.62. The summed E-state index contributed by atoms with van der Waals surface area (Å²) in [5.41, 5.74) is 3.99. The summed E-state index contributed by atoms with van der Waals surface area (Å²) >= 11 is 0. The Morgan fingerprint density at radius 2 is 1.68 bits per heavy atom. The van der Waals surface area contributed by atoms with Crippen molar-refractivity contribution in [1.82, 2.24) is 0 Å². The third-order valence-electron chi connectivity index (χ3n) is 5.94. The Hall–Kier alpha value is -3.12. The van der Waals surface area contributed by atoms with E-state index >= 15 is 0 Å². The number of methoxy groups -OCH3 is 2. The minimum absolute atomic E-state index is 0.452. The zero-order valence-corrected chi connectivity index (χ0v) is 20.5. The fourth-order valence-corrected chi connectivity index (χ4v) is 4.25. The molecule has 0 spiro atoms. The average molecular weight is 467 g/mol. The summed E-state index contributed by atoms with van der Waals surface area (Å²) in [6.45, 7) is 5.41. The highest BCUT2D eigenvalue weighted by Crippen LogP contribution is 2.58. The summed E-state index contributed by atoms with van der Waals surface area (Å²) in [6.07, 6.45) is 8.17. The Morgan fingerprint density at radius 1 is 0.941 bits per heavy atom. The van der Waals surface area contributed by atoms with Gasteiger partial charge in [0.05, 0.1) is 27.1 Å². The van der Waals surface area contributed by atoms with Crippen LogP contribution in [-0.4, -0.2) is 33.7 Å². The van der Waals surface area contributed by atoms with Crippen LogP contribution in [0.1, 0.15) is 57.1 Å². The van der Waals surface area contributed by atoms with Crippen LogP contribution in [-0.2, 0) is 4.74 Å². The van der Waals surface area contributed by atoms with Gasteiger partial charge < -0.3 is 28.4 Å². The van der Waals surface area contributed by atoms with Gasteiger partial charge in [-0.2, -0.15) is 0 Å². The van der Waals surface area contributed by atoms with Gasteiger partial charge in [0.2, 0.25) is 17.8 Å². The SMILES string of the molecule is CCC/C=C1\COc2c(OC)c(OC)c3c(c21)/C(=C/Oc1ccccc1)CC(OCCCC)O3. The van der Waals surface area contributed by atoms with Gasteiger partial charge in [0.1, 0.15) is 12.4 Å². The van der Waals surface area contributed by atoms with Gasteiger partial charge in [-0.25, -0.2) is 0 Å². The van der Waals surface area contributed by atoms with Gasteiger partial charge >= 0.3 is 0 Å². The van der Waals surface area contributed by atoms with E-state index in [0.717, 1.165) is 53.7 Å². The topological polar surface area (TPSA) is 55.4 Å². The molecule has 34 heavy (non-hydrogen) atoms. The van der Waals surface area contributed by atoms with Crippen LogP contribution in [0.25, 0.3) is 11.1 Å². The largest absolute Gasteiger partial charge is 0.490 e. The second-order valence-electron chi connectivity index (χ2n) is 8.33. The van der Waals surface area contributed by atoms with Crippen molar-refractivity contribution in [2.75, 3.05) is 27.4 Å². The molecule has 2 aromatic carbocycles. The zero-order valence-electron chi connectivity index (χ0n) is 20.5.